The van der Waals surface area contributed by atoms with E-state index in [1.54, 1.807) is 29.2 Å². The van der Waals surface area contributed by atoms with E-state index in [2.05, 4.69) is 5.32 Å². The summed E-state index contributed by atoms with van der Waals surface area (Å²) in [5, 5.41) is 12.9. The smallest absolute Gasteiger partial charge is 0.380 e. The molecule has 0 saturated carbocycles. The van der Waals surface area contributed by atoms with Crippen LogP contribution >= 0.6 is 0 Å². The van der Waals surface area contributed by atoms with Gasteiger partial charge in [0.25, 0.3) is 5.91 Å². The molecule has 170 valence electrons. The van der Waals surface area contributed by atoms with Crippen LogP contribution in [0.2, 0.25) is 0 Å². The SMILES string of the molecule is O=C(Nc1ccc(C(F)(F)F)cc1)N1CCN(C(=O)c2ccc(C3(O)COC3)cc2)CC1. The zero-order valence-electron chi connectivity index (χ0n) is 17.1. The number of hydrogen-bond donors (Lipinski definition) is 2. The van der Waals surface area contributed by atoms with Crippen molar-refractivity contribution in [2.75, 3.05) is 44.7 Å². The number of carbonyl (C=O) groups is 2. The van der Waals surface area contributed by atoms with Crippen molar-refractivity contribution in [3.63, 3.8) is 0 Å². The Bertz CT molecular complexity index is 981. The van der Waals surface area contributed by atoms with Crippen LogP contribution in [-0.4, -0.2) is 66.2 Å². The molecule has 0 aliphatic carbocycles. The molecule has 4 rings (SSSR count). The number of aliphatic hydroxyl groups is 1. The van der Waals surface area contributed by atoms with Crippen molar-refractivity contribution in [1.82, 2.24) is 9.80 Å². The van der Waals surface area contributed by atoms with E-state index in [9.17, 15) is 27.9 Å². The Morgan fingerprint density at radius 2 is 1.47 bits per heavy atom. The maximum Gasteiger partial charge on any atom is 0.416 e. The first-order valence-corrected chi connectivity index (χ1v) is 10.1. The van der Waals surface area contributed by atoms with Gasteiger partial charge in [0.1, 0.15) is 5.60 Å². The summed E-state index contributed by atoms with van der Waals surface area (Å²) in [6, 6.07) is 10.6. The summed E-state index contributed by atoms with van der Waals surface area (Å²) in [7, 11) is 0. The summed E-state index contributed by atoms with van der Waals surface area (Å²) in [6.45, 7) is 1.73. The molecule has 2 aromatic carbocycles. The second kappa shape index (κ2) is 8.44. The molecule has 2 fully saturated rings. The van der Waals surface area contributed by atoms with Gasteiger partial charge < -0.3 is 25.0 Å². The first-order chi connectivity index (χ1) is 15.2. The van der Waals surface area contributed by atoms with Crippen LogP contribution in [0.25, 0.3) is 0 Å². The molecule has 2 aromatic rings. The Kier molecular flexibility index (Phi) is 5.83. The highest BCUT2D eigenvalue weighted by molar-refractivity contribution is 5.94. The van der Waals surface area contributed by atoms with Crippen molar-refractivity contribution in [1.29, 1.82) is 0 Å². The average molecular weight is 449 g/mol. The molecule has 3 amide bonds. The highest BCUT2D eigenvalue weighted by Gasteiger charge is 2.38. The largest absolute Gasteiger partial charge is 0.416 e. The average Bonchev–Trinajstić information content (AvgIpc) is 2.77. The molecular formula is C22H22F3N3O4. The Morgan fingerprint density at radius 3 is 1.97 bits per heavy atom. The van der Waals surface area contributed by atoms with E-state index < -0.39 is 23.4 Å². The van der Waals surface area contributed by atoms with Crippen LogP contribution in [0.15, 0.2) is 48.5 Å². The van der Waals surface area contributed by atoms with Gasteiger partial charge in [0, 0.05) is 37.4 Å². The van der Waals surface area contributed by atoms with Crippen molar-refractivity contribution >= 4 is 17.6 Å². The molecule has 10 heteroatoms. The minimum Gasteiger partial charge on any atom is -0.380 e. The number of carbonyl (C=O) groups excluding carboxylic acids is 2. The first-order valence-electron chi connectivity index (χ1n) is 10.1. The van der Waals surface area contributed by atoms with Gasteiger partial charge in [0.2, 0.25) is 0 Å². The van der Waals surface area contributed by atoms with Gasteiger partial charge in [-0.25, -0.2) is 4.79 Å². The van der Waals surface area contributed by atoms with Crippen LogP contribution in [0, 0.1) is 0 Å². The van der Waals surface area contributed by atoms with Gasteiger partial charge in [-0.2, -0.15) is 13.2 Å². The summed E-state index contributed by atoms with van der Waals surface area (Å²) < 4.78 is 43.0. The third-order valence-corrected chi connectivity index (χ3v) is 5.67. The first kappa shape index (κ1) is 22.1. The lowest BCUT2D eigenvalue weighted by atomic mass is 9.91. The van der Waals surface area contributed by atoms with E-state index >= 15 is 0 Å². The maximum atomic E-state index is 12.8. The standard InChI is InChI=1S/C22H22F3N3O4/c23-22(24,25)17-5-7-18(8-6-17)26-20(30)28-11-9-27(10-12-28)19(29)15-1-3-16(4-2-15)21(31)13-32-14-21/h1-8,31H,9-14H2,(H,26,30). The number of nitrogens with one attached hydrogen (secondary N) is 1. The minimum absolute atomic E-state index is 0.170. The molecule has 0 spiro atoms. The Morgan fingerprint density at radius 1 is 0.906 bits per heavy atom. The number of halogens is 3. The fraction of sp³-hybridized carbons (Fsp3) is 0.364. The summed E-state index contributed by atoms with van der Waals surface area (Å²) in [5.74, 6) is -0.170. The van der Waals surface area contributed by atoms with Gasteiger partial charge in [-0.1, -0.05) is 12.1 Å². The van der Waals surface area contributed by atoms with Gasteiger partial charge in [-0.15, -0.1) is 0 Å². The third-order valence-electron chi connectivity index (χ3n) is 5.67. The molecule has 7 nitrogen and oxygen atoms in total. The van der Waals surface area contributed by atoms with Crippen molar-refractivity contribution in [2.24, 2.45) is 0 Å². The quantitative estimate of drug-likeness (QED) is 0.755. The van der Waals surface area contributed by atoms with Gasteiger partial charge in [-0.05, 0) is 42.0 Å². The predicted octanol–water partition coefficient (Wildman–Crippen LogP) is 2.91. The molecule has 0 atom stereocenters. The van der Waals surface area contributed by atoms with Crippen molar-refractivity contribution in [3.05, 3.63) is 65.2 Å². The second-order valence-corrected chi connectivity index (χ2v) is 7.89. The molecule has 0 unspecified atom stereocenters. The van der Waals surface area contributed by atoms with E-state index in [0.29, 0.717) is 37.3 Å². The van der Waals surface area contributed by atoms with Crippen molar-refractivity contribution in [3.8, 4) is 0 Å². The van der Waals surface area contributed by atoms with E-state index in [1.807, 2.05) is 0 Å². The zero-order chi connectivity index (χ0) is 22.9. The second-order valence-electron chi connectivity index (χ2n) is 7.89. The summed E-state index contributed by atoms with van der Waals surface area (Å²) >= 11 is 0. The number of urea groups is 1. The van der Waals surface area contributed by atoms with Gasteiger partial charge in [0.05, 0.1) is 18.8 Å². The summed E-state index contributed by atoms with van der Waals surface area (Å²) in [5.41, 5.74) is -0.329. The number of benzene rings is 2. The van der Waals surface area contributed by atoms with Gasteiger partial charge in [-0.3, -0.25) is 4.79 Å². The van der Waals surface area contributed by atoms with Crippen LogP contribution in [0.5, 0.6) is 0 Å². The number of hydrogen-bond acceptors (Lipinski definition) is 4. The molecule has 0 bridgehead atoms. The van der Waals surface area contributed by atoms with Crippen LogP contribution in [0.1, 0.15) is 21.5 Å². The lowest BCUT2D eigenvalue weighted by Crippen LogP contribution is -2.51. The molecule has 2 N–H and O–H groups in total. The summed E-state index contributed by atoms with van der Waals surface area (Å²) in [4.78, 5) is 28.3. The fourth-order valence-electron chi connectivity index (χ4n) is 3.63. The number of nitrogens with zero attached hydrogens (tertiary/aromatic N) is 2. The molecule has 0 radical (unpaired) electrons. The lowest BCUT2D eigenvalue weighted by Gasteiger charge is -2.37. The highest BCUT2D eigenvalue weighted by atomic mass is 19.4. The van der Waals surface area contributed by atoms with Crippen LogP contribution < -0.4 is 5.32 Å². The molecule has 2 heterocycles. The van der Waals surface area contributed by atoms with E-state index in [1.165, 1.54) is 17.0 Å². The van der Waals surface area contributed by atoms with Crippen LogP contribution in [-0.2, 0) is 16.5 Å². The molecule has 2 aliphatic heterocycles. The van der Waals surface area contributed by atoms with Gasteiger partial charge >= 0.3 is 12.2 Å². The number of piperazine rings is 1. The minimum atomic E-state index is -4.43. The fourth-order valence-corrected chi connectivity index (χ4v) is 3.63. The molecular weight excluding hydrogens is 427 g/mol. The monoisotopic (exact) mass is 449 g/mol. The van der Waals surface area contributed by atoms with E-state index in [-0.39, 0.29) is 24.8 Å². The predicted molar refractivity (Wildman–Crippen MR) is 109 cm³/mol. The molecule has 2 aliphatic rings. The number of alkyl halides is 3. The van der Waals surface area contributed by atoms with E-state index in [4.69, 9.17) is 4.74 Å². The van der Waals surface area contributed by atoms with Crippen molar-refractivity contribution < 1.29 is 32.6 Å². The molecule has 0 aromatic heterocycles. The molecule has 2 saturated heterocycles. The van der Waals surface area contributed by atoms with Crippen molar-refractivity contribution in [2.45, 2.75) is 11.8 Å². The maximum absolute atomic E-state index is 12.8. The molecule has 32 heavy (non-hydrogen) atoms. The third kappa shape index (κ3) is 4.56. The van der Waals surface area contributed by atoms with Gasteiger partial charge in [0.15, 0.2) is 0 Å². The zero-order valence-corrected chi connectivity index (χ0v) is 17.1. The van der Waals surface area contributed by atoms with E-state index in [0.717, 1.165) is 12.1 Å². The van der Waals surface area contributed by atoms with Crippen LogP contribution in [0.3, 0.4) is 0 Å². The lowest BCUT2D eigenvalue weighted by molar-refractivity contribution is -0.184. The normalized spacial score (nSPS) is 18.1. The highest BCUT2D eigenvalue weighted by Crippen LogP contribution is 2.30. The Balaban J connectivity index is 1.29. The Hall–Kier alpha value is -3.11. The number of ether oxygens (including phenoxy) is 1. The number of anilines is 1. The topological polar surface area (TPSA) is 82.1 Å². The van der Waals surface area contributed by atoms with Crippen LogP contribution in [0.4, 0.5) is 23.7 Å². The number of amides is 3. The summed E-state index contributed by atoms with van der Waals surface area (Å²) in [6.07, 6.45) is -4.43. The number of rotatable bonds is 3. The Labute approximate surface area is 182 Å².